The van der Waals surface area contributed by atoms with Crippen molar-refractivity contribution in [2.75, 3.05) is 13.2 Å². The van der Waals surface area contributed by atoms with E-state index in [1.807, 2.05) is 0 Å². The molecule has 2 unspecified atom stereocenters. The van der Waals surface area contributed by atoms with Crippen molar-refractivity contribution in [3.63, 3.8) is 0 Å². The van der Waals surface area contributed by atoms with E-state index in [1.54, 1.807) is 0 Å². The van der Waals surface area contributed by atoms with E-state index >= 15 is 0 Å². The van der Waals surface area contributed by atoms with Crippen LogP contribution < -0.4 is 5.32 Å². The van der Waals surface area contributed by atoms with Gasteiger partial charge in [0.15, 0.2) is 0 Å². The second-order valence-electron chi connectivity index (χ2n) is 17.5. The SMILES string of the molecule is CCCCCCCCC/C=C\CCCCCCCC(=O)OCCCCCCCC/C=C\CCCCCC(=O)NC(CO)C(O)CCCCCCCCCCCCCC. The van der Waals surface area contributed by atoms with Crippen LogP contribution in [0.15, 0.2) is 24.3 Å². The lowest BCUT2D eigenvalue weighted by atomic mass is 10.0. The van der Waals surface area contributed by atoms with E-state index in [-0.39, 0.29) is 18.5 Å². The molecule has 0 rings (SSSR count). The molecule has 0 heterocycles. The standard InChI is InChI=1S/C52H99NO5/c1-3-5-7-9-11-13-15-17-18-19-22-26-30-34-38-42-46-52(57)58-47-43-39-35-31-27-23-20-21-25-29-33-37-41-45-51(56)53-49(48-54)50(55)44-40-36-32-28-24-16-14-12-10-8-6-4-2/h18-19,21,25,49-50,54-55H,3-17,20,22-24,26-48H2,1-2H3,(H,53,56)/b19-18-,25-21-. The Morgan fingerprint density at radius 3 is 1.24 bits per heavy atom. The number of unbranched alkanes of at least 4 members (excludes halogenated alkanes) is 32. The molecule has 0 aromatic carbocycles. The normalized spacial score (nSPS) is 12.8. The number of ether oxygens (including phenoxy) is 1. The fraction of sp³-hybridized carbons (Fsp3) is 0.885. The summed E-state index contributed by atoms with van der Waals surface area (Å²) in [4.78, 5) is 24.4. The molecule has 3 N–H and O–H groups in total. The molecule has 0 aliphatic heterocycles. The lowest BCUT2D eigenvalue weighted by molar-refractivity contribution is -0.143. The highest BCUT2D eigenvalue weighted by Gasteiger charge is 2.20. The minimum atomic E-state index is -0.680. The fourth-order valence-electron chi connectivity index (χ4n) is 7.74. The molecule has 6 heteroatoms. The number of hydrogen-bond donors (Lipinski definition) is 3. The molecule has 0 bridgehead atoms. The Morgan fingerprint density at radius 1 is 0.466 bits per heavy atom. The summed E-state index contributed by atoms with van der Waals surface area (Å²) in [5.41, 5.74) is 0. The summed E-state index contributed by atoms with van der Waals surface area (Å²) in [6, 6.07) is -0.560. The van der Waals surface area contributed by atoms with Crippen LogP contribution in [0.5, 0.6) is 0 Å². The molecule has 0 aromatic rings. The third kappa shape index (κ3) is 43.9. The average Bonchev–Trinajstić information content (AvgIpc) is 3.22. The summed E-state index contributed by atoms with van der Waals surface area (Å²) in [5, 5.41) is 23.1. The van der Waals surface area contributed by atoms with Crippen molar-refractivity contribution < 1.29 is 24.5 Å². The molecular weight excluding hydrogens is 719 g/mol. The van der Waals surface area contributed by atoms with Gasteiger partial charge in [-0.15, -0.1) is 0 Å². The van der Waals surface area contributed by atoms with Crippen molar-refractivity contribution in [3.05, 3.63) is 24.3 Å². The van der Waals surface area contributed by atoms with Gasteiger partial charge in [0, 0.05) is 12.8 Å². The van der Waals surface area contributed by atoms with E-state index in [2.05, 4.69) is 43.5 Å². The van der Waals surface area contributed by atoms with Crippen LogP contribution in [0.25, 0.3) is 0 Å². The number of allylic oxidation sites excluding steroid dienone is 4. The van der Waals surface area contributed by atoms with Crippen molar-refractivity contribution in [3.8, 4) is 0 Å². The van der Waals surface area contributed by atoms with Crippen LogP contribution in [0.1, 0.15) is 271 Å². The maximum absolute atomic E-state index is 12.4. The predicted octanol–water partition coefficient (Wildman–Crippen LogP) is 15.1. The number of aliphatic hydroxyl groups excluding tert-OH is 2. The van der Waals surface area contributed by atoms with Crippen molar-refractivity contribution >= 4 is 11.9 Å². The molecule has 342 valence electrons. The molecule has 0 saturated heterocycles. The molecule has 6 nitrogen and oxygen atoms in total. The number of amides is 1. The van der Waals surface area contributed by atoms with Gasteiger partial charge in [-0.1, -0.05) is 205 Å². The fourth-order valence-corrected chi connectivity index (χ4v) is 7.74. The molecule has 2 atom stereocenters. The lowest BCUT2D eigenvalue weighted by Crippen LogP contribution is -2.45. The van der Waals surface area contributed by atoms with Crippen LogP contribution in [0.3, 0.4) is 0 Å². The van der Waals surface area contributed by atoms with Gasteiger partial charge in [0.25, 0.3) is 0 Å². The zero-order valence-electron chi connectivity index (χ0n) is 38.8. The molecular formula is C52H99NO5. The number of carbonyl (C=O) groups is 2. The smallest absolute Gasteiger partial charge is 0.305 e. The van der Waals surface area contributed by atoms with Crippen LogP contribution in [0, 0.1) is 0 Å². The highest BCUT2D eigenvalue weighted by atomic mass is 16.5. The van der Waals surface area contributed by atoms with Gasteiger partial charge in [-0.3, -0.25) is 9.59 Å². The quantitative estimate of drug-likeness (QED) is 0.0323. The molecule has 58 heavy (non-hydrogen) atoms. The number of carbonyl (C=O) groups excluding carboxylic acids is 2. The first-order chi connectivity index (χ1) is 28.5. The van der Waals surface area contributed by atoms with E-state index in [9.17, 15) is 19.8 Å². The average molecular weight is 818 g/mol. The van der Waals surface area contributed by atoms with E-state index in [0.29, 0.717) is 25.9 Å². The van der Waals surface area contributed by atoms with E-state index in [1.165, 1.54) is 167 Å². The van der Waals surface area contributed by atoms with Gasteiger partial charge in [0.1, 0.15) is 0 Å². The predicted molar refractivity (Wildman–Crippen MR) is 250 cm³/mol. The second-order valence-corrected chi connectivity index (χ2v) is 17.5. The minimum Gasteiger partial charge on any atom is -0.466 e. The Balaban J connectivity index is 3.49. The van der Waals surface area contributed by atoms with Gasteiger partial charge in [-0.2, -0.15) is 0 Å². The maximum Gasteiger partial charge on any atom is 0.305 e. The summed E-state index contributed by atoms with van der Waals surface area (Å²) in [5.74, 6) is -0.0864. The molecule has 0 saturated carbocycles. The Kier molecular flexibility index (Phi) is 46.6. The summed E-state index contributed by atoms with van der Waals surface area (Å²) in [7, 11) is 0. The number of aliphatic hydroxyl groups is 2. The first-order valence-corrected chi connectivity index (χ1v) is 25.6. The monoisotopic (exact) mass is 818 g/mol. The number of nitrogens with one attached hydrogen (secondary N) is 1. The summed E-state index contributed by atoms with van der Waals surface area (Å²) in [6.45, 7) is 4.89. The zero-order valence-corrected chi connectivity index (χ0v) is 38.8. The highest BCUT2D eigenvalue weighted by molar-refractivity contribution is 5.76. The molecule has 0 fully saturated rings. The molecule has 0 radical (unpaired) electrons. The van der Waals surface area contributed by atoms with Gasteiger partial charge in [-0.25, -0.2) is 0 Å². The van der Waals surface area contributed by atoms with Crippen molar-refractivity contribution in [1.29, 1.82) is 0 Å². The number of hydrogen-bond acceptors (Lipinski definition) is 5. The second kappa shape index (κ2) is 48.0. The molecule has 1 amide bonds. The topological polar surface area (TPSA) is 95.9 Å². The Labute approximate surface area is 361 Å². The van der Waals surface area contributed by atoms with E-state index in [0.717, 1.165) is 70.6 Å². The lowest BCUT2D eigenvalue weighted by Gasteiger charge is -2.22. The maximum atomic E-state index is 12.4. The van der Waals surface area contributed by atoms with Gasteiger partial charge >= 0.3 is 5.97 Å². The van der Waals surface area contributed by atoms with Crippen molar-refractivity contribution in [1.82, 2.24) is 5.32 Å². The minimum absolute atomic E-state index is 0.0203. The molecule has 0 aliphatic carbocycles. The van der Waals surface area contributed by atoms with Crippen LogP contribution in [0.4, 0.5) is 0 Å². The third-order valence-electron chi connectivity index (χ3n) is 11.7. The van der Waals surface area contributed by atoms with Gasteiger partial charge < -0.3 is 20.3 Å². The van der Waals surface area contributed by atoms with Crippen molar-refractivity contribution in [2.45, 2.75) is 283 Å². The number of esters is 1. The van der Waals surface area contributed by atoms with E-state index in [4.69, 9.17) is 4.74 Å². The van der Waals surface area contributed by atoms with E-state index < -0.39 is 12.1 Å². The van der Waals surface area contributed by atoms with Crippen molar-refractivity contribution in [2.24, 2.45) is 0 Å². The Hall–Kier alpha value is -1.66. The Bertz CT molecular complexity index is 904. The van der Waals surface area contributed by atoms with Gasteiger partial charge in [0.2, 0.25) is 5.91 Å². The summed E-state index contributed by atoms with van der Waals surface area (Å²) in [6.07, 6.45) is 55.7. The van der Waals surface area contributed by atoms with Gasteiger partial charge in [-0.05, 0) is 77.0 Å². The Morgan fingerprint density at radius 2 is 0.810 bits per heavy atom. The van der Waals surface area contributed by atoms with Crippen LogP contribution >= 0.6 is 0 Å². The van der Waals surface area contributed by atoms with Crippen LogP contribution in [0.2, 0.25) is 0 Å². The van der Waals surface area contributed by atoms with Gasteiger partial charge in [0.05, 0.1) is 25.4 Å². The third-order valence-corrected chi connectivity index (χ3v) is 11.7. The molecule has 0 aliphatic rings. The molecule has 0 spiro atoms. The zero-order chi connectivity index (χ0) is 42.3. The first-order valence-electron chi connectivity index (χ1n) is 25.6. The highest BCUT2D eigenvalue weighted by Crippen LogP contribution is 2.15. The molecule has 0 aromatic heterocycles. The summed E-state index contributed by atoms with van der Waals surface area (Å²) >= 11 is 0. The summed E-state index contributed by atoms with van der Waals surface area (Å²) < 4.78 is 5.45. The number of rotatable bonds is 47. The van der Waals surface area contributed by atoms with Crippen LogP contribution in [-0.2, 0) is 14.3 Å². The van der Waals surface area contributed by atoms with Crippen LogP contribution in [-0.4, -0.2) is 47.4 Å². The first kappa shape index (κ1) is 56.3. The largest absolute Gasteiger partial charge is 0.466 e.